The quantitative estimate of drug-likeness (QED) is 0.749. The third-order valence-corrected chi connectivity index (χ3v) is 3.22. The Morgan fingerprint density at radius 2 is 1.94 bits per heavy atom. The molecule has 0 spiro atoms. The Bertz CT molecular complexity index is 393. The van der Waals surface area contributed by atoms with E-state index in [1.165, 1.54) is 0 Å². The lowest BCUT2D eigenvalue weighted by Gasteiger charge is -2.09. The van der Waals surface area contributed by atoms with E-state index in [1.54, 1.807) is 6.92 Å². The fraction of sp³-hybridized carbons (Fsp3) is 0.250. The summed E-state index contributed by atoms with van der Waals surface area (Å²) < 4.78 is 7.26. The van der Waals surface area contributed by atoms with Crippen molar-refractivity contribution < 1.29 is 9.53 Å². The number of benzene rings is 1. The molecule has 0 amide bonds. The highest BCUT2D eigenvalue weighted by atomic mass is 79.9. The van der Waals surface area contributed by atoms with Gasteiger partial charge in [0.25, 0.3) is 0 Å². The van der Waals surface area contributed by atoms with Crippen molar-refractivity contribution in [2.24, 2.45) is 0 Å². The Hall–Kier alpha value is -0.610. The predicted octanol–water partition coefficient (Wildman–Crippen LogP) is 4.13. The molecule has 0 bridgehead atoms. The highest BCUT2D eigenvalue weighted by Crippen LogP contribution is 2.32. The highest BCUT2D eigenvalue weighted by molar-refractivity contribution is 9.11. The van der Waals surface area contributed by atoms with Gasteiger partial charge in [-0.05, 0) is 56.5 Å². The van der Waals surface area contributed by atoms with Crippen molar-refractivity contribution in [3.63, 3.8) is 0 Å². The van der Waals surface area contributed by atoms with E-state index in [0.717, 1.165) is 14.7 Å². The number of rotatable bonds is 5. The summed E-state index contributed by atoms with van der Waals surface area (Å²) in [7, 11) is 0. The molecule has 0 saturated carbocycles. The zero-order valence-corrected chi connectivity index (χ0v) is 12.1. The second kappa shape index (κ2) is 6.21. The van der Waals surface area contributed by atoms with Crippen LogP contribution in [0.4, 0.5) is 0 Å². The molecule has 0 unspecified atom stereocenters. The van der Waals surface area contributed by atoms with Crippen molar-refractivity contribution in [1.82, 2.24) is 0 Å². The van der Waals surface area contributed by atoms with Crippen LogP contribution in [0.25, 0.3) is 0 Å². The Labute approximate surface area is 112 Å². The van der Waals surface area contributed by atoms with Gasteiger partial charge in [-0.3, -0.25) is 4.79 Å². The van der Waals surface area contributed by atoms with Crippen LogP contribution >= 0.6 is 31.9 Å². The summed E-state index contributed by atoms with van der Waals surface area (Å²) in [5.74, 6) is 0.750. The molecule has 0 aromatic heterocycles. The van der Waals surface area contributed by atoms with Crippen LogP contribution in [0.3, 0.4) is 0 Å². The van der Waals surface area contributed by atoms with Gasteiger partial charge in [-0.1, -0.05) is 12.6 Å². The number of allylic oxidation sites excluding steroid dienone is 1. The van der Waals surface area contributed by atoms with Crippen LogP contribution in [-0.4, -0.2) is 12.4 Å². The second-order valence-electron chi connectivity index (χ2n) is 3.35. The smallest absolute Gasteiger partial charge is 0.161 e. The van der Waals surface area contributed by atoms with Gasteiger partial charge in [-0.15, -0.1) is 0 Å². The largest absolute Gasteiger partial charge is 0.491 e. The molecule has 1 aromatic rings. The molecular weight excluding hydrogens is 336 g/mol. The van der Waals surface area contributed by atoms with Crippen molar-refractivity contribution >= 4 is 37.6 Å². The third-order valence-electron chi connectivity index (χ3n) is 1.97. The minimum absolute atomic E-state index is 0.0307. The van der Waals surface area contributed by atoms with Gasteiger partial charge in [0, 0.05) is 6.42 Å². The topological polar surface area (TPSA) is 26.3 Å². The van der Waals surface area contributed by atoms with Gasteiger partial charge in [0.2, 0.25) is 0 Å². The standard InChI is InChI=1S/C12H12Br2O2/c1-8(2)11(15)6-7-16-12-9(13)4-3-5-10(12)14/h3-5H,1,6-7H2,2H3. The second-order valence-corrected chi connectivity index (χ2v) is 5.06. The van der Waals surface area contributed by atoms with Crippen LogP contribution in [0.15, 0.2) is 39.3 Å². The molecule has 2 nitrogen and oxygen atoms in total. The number of ether oxygens (including phenoxy) is 1. The molecular formula is C12H12Br2O2. The number of carbonyl (C=O) groups excluding carboxylic acids is 1. The van der Waals surface area contributed by atoms with Crippen molar-refractivity contribution in [1.29, 1.82) is 0 Å². The molecule has 0 radical (unpaired) electrons. The Morgan fingerprint density at radius 3 is 2.44 bits per heavy atom. The average molecular weight is 348 g/mol. The van der Waals surface area contributed by atoms with E-state index in [1.807, 2.05) is 18.2 Å². The van der Waals surface area contributed by atoms with Gasteiger partial charge < -0.3 is 4.74 Å². The SMILES string of the molecule is C=C(C)C(=O)CCOc1c(Br)cccc1Br. The minimum Gasteiger partial charge on any atom is -0.491 e. The minimum atomic E-state index is 0.0307. The molecule has 1 rings (SSSR count). The molecule has 4 heteroatoms. The van der Waals surface area contributed by atoms with E-state index in [2.05, 4.69) is 38.4 Å². The normalized spacial score (nSPS) is 9.94. The van der Waals surface area contributed by atoms with Crippen LogP contribution in [-0.2, 0) is 4.79 Å². The summed E-state index contributed by atoms with van der Waals surface area (Å²) >= 11 is 6.77. The number of Topliss-reactive ketones (excluding diaryl/α,β-unsaturated/α-hetero) is 1. The number of hydrogen-bond acceptors (Lipinski definition) is 2. The maximum atomic E-state index is 11.3. The van der Waals surface area contributed by atoms with Crippen molar-refractivity contribution in [3.05, 3.63) is 39.3 Å². The number of ketones is 1. The maximum absolute atomic E-state index is 11.3. The Kier molecular flexibility index (Phi) is 5.22. The van der Waals surface area contributed by atoms with E-state index >= 15 is 0 Å². The number of hydrogen-bond donors (Lipinski definition) is 0. The van der Waals surface area contributed by atoms with E-state index in [0.29, 0.717) is 18.6 Å². The van der Waals surface area contributed by atoms with Gasteiger partial charge in [0.1, 0.15) is 5.75 Å². The molecule has 0 atom stereocenters. The number of carbonyl (C=O) groups is 1. The first-order chi connectivity index (χ1) is 7.52. The molecule has 0 N–H and O–H groups in total. The molecule has 0 aliphatic carbocycles. The summed E-state index contributed by atoms with van der Waals surface area (Å²) in [5.41, 5.74) is 0.565. The van der Waals surface area contributed by atoms with E-state index in [9.17, 15) is 4.79 Å². The van der Waals surface area contributed by atoms with Crippen LogP contribution in [0.2, 0.25) is 0 Å². The first-order valence-corrected chi connectivity index (χ1v) is 6.36. The van der Waals surface area contributed by atoms with E-state index < -0.39 is 0 Å². The fourth-order valence-electron chi connectivity index (χ4n) is 1.08. The van der Waals surface area contributed by atoms with Gasteiger partial charge in [0.15, 0.2) is 5.78 Å². The zero-order valence-electron chi connectivity index (χ0n) is 8.93. The number of halogens is 2. The maximum Gasteiger partial charge on any atom is 0.161 e. The molecule has 86 valence electrons. The Balaban J connectivity index is 2.55. The average Bonchev–Trinajstić information content (AvgIpc) is 2.22. The molecule has 0 heterocycles. The first kappa shape index (κ1) is 13.5. The fourth-order valence-corrected chi connectivity index (χ4v) is 2.31. The van der Waals surface area contributed by atoms with Gasteiger partial charge in [-0.25, -0.2) is 0 Å². The predicted molar refractivity (Wildman–Crippen MR) is 71.8 cm³/mol. The third kappa shape index (κ3) is 3.76. The molecule has 0 aliphatic heterocycles. The van der Waals surface area contributed by atoms with Gasteiger partial charge in [0.05, 0.1) is 15.6 Å². The van der Waals surface area contributed by atoms with Crippen LogP contribution in [0, 0.1) is 0 Å². The van der Waals surface area contributed by atoms with Crippen LogP contribution < -0.4 is 4.74 Å². The number of para-hydroxylation sites is 1. The summed E-state index contributed by atoms with van der Waals surface area (Å²) in [6.45, 7) is 5.65. The lowest BCUT2D eigenvalue weighted by atomic mass is 10.2. The molecule has 0 aliphatic rings. The van der Waals surface area contributed by atoms with Crippen molar-refractivity contribution in [3.8, 4) is 5.75 Å². The van der Waals surface area contributed by atoms with E-state index in [-0.39, 0.29) is 5.78 Å². The molecule has 0 fully saturated rings. The zero-order chi connectivity index (χ0) is 12.1. The highest BCUT2D eigenvalue weighted by Gasteiger charge is 2.07. The molecule has 0 saturated heterocycles. The lowest BCUT2D eigenvalue weighted by Crippen LogP contribution is -2.07. The first-order valence-electron chi connectivity index (χ1n) is 4.78. The summed E-state index contributed by atoms with van der Waals surface area (Å²) in [6.07, 6.45) is 0.350. The lowest BCUT2D eigenvalue weighted by molar-refractivity contribution is -0.115. The molecule has 1 aromatic carbocycles. The van der Waals surface area contributed by atoms with Gasteiger partial charge >= 0.3 is 0 Å². The van der Waals surface area contributed by atoms with Gasteiger partial charge in [-0.2, -0.15) is 0 Å². The summed E-state index contributed by atoms with van der Waals surface area (Å²) in [6, 6.07) is 5.68. The summed E-state index contributed by atoms with van der Waals surface area (Å²) in [4.78, 5) is 11.3. The summed E-state index contributed by atoms with van der Waals surface area (Å²) in [5, 5.41) is 0. The van der Waals surface area contributed by atoms with Crippen LogP contribution in [0.5, 0.6) is 5.75 Å². The van der Waals surface area contributed by atoms with Crippen LogP contribution in [0.1, 0.15) is 13.3 Å². The van der Waals surface area contributed by atoms with E-state index in [4.69, 9.17) is 4.74 Å². The monoisotopic (exact) mass is 346 g/mol. The van der Waals surface area contributed by atoms with Crippen molar-refractivity contribution in [2.45, 2.75) is 13.3 Å². The van der Waals surface area contributed by atoms with Crippen molar-refractivity contribution in [2.75, 3.05) is 6.61 Å². The Morgan fingerprint density at radius 1 is 1.38 bits per heavy atom. The molecule has 16 heavy (non-hydrogen) atoms.